The van der Waals surface area contributed by atoms with Gasteiger partial charge in [0.05, 0.1) is 47.6 Å². The molecule has 34 heavy (non-hydrogen) atoms. The molecule has 0 aliphatic carbocycles. The Kier molecular flexibility index (Phi) is 6.10. The molecule has 9 nitrogen and oxygen atoms in total. The highest BCUT2D eigenvalue weighted by Crippen LogP contribution is 2.30. The van der Waals surface area contributed by atoms with Crippen LogP contribution in [0.3, 0.4) is 0 Å². The number of hydrogen-bond acceptors (Lipinski definition) is 8. The molecule has 1 aromatic carbocycles. The van der Waals surface area contributed by atoms with E-state index < -0.39 is 0 Å². The summed E-state index contributed by atoms with van der Waals surface area (Å²) < 4.78 is 0. The molecule has 0 radical (unpaired) electrons. The van der Waals surface area contributed by atoms with Gasteiger partial charge in [0.2, 0.25) is 5.91 Å². The first-order valence-corrected chi connectivity index (χ1v) is 11.9. The fourth-order valence-corrected chi connectivity index (χ4v) is 4.98. The standard InChI is InChI=1S/C25H32N8O/c1-16-8-18(26)14-33(13-16)24-4-5-28-11-23(24)30-12-22-20(27)9-17-2-3-19(10-21(17)31-22)32-7-6-29-25(34)15-32/h2-5,9-11,16,18,30H,6-8,12-15,26-27H2,1H3,(H,29,34). The van der Waals surface area contributed by atoms with Crippen molar-refractivity contribution >= 4 is 39.6 Å². The summed E-state index contributed by atoms with van der Waals surface area (Å²) >= 11 is 0. The highest BCUT2D eigenvalue weighted by atomic mass is 16.2. The maximum absolute atomic E-state index is 11.8. The highest BCUT2D eigenvalue weighted by Gasteiger charge is 2.24. The number of aromatic nitrogens is 2. The molecule has 0 saturated carbocycles. The third-order valence-electron chi connectivity index (χ3n) is 6.59. The lowest BCUT2D eigenvalue weighted by atomic mass is 9.96. The van der Waals surface area contributed by atoms with E-state index in [-0.39, 0.29) is 11.9 Å². The van der Waals surface area contributed by atoms with Gasteiger partial charge in [0.25, 0.3) is 0 Å². The van der Waals surface area contributed by atoms with Crippen LogP contribution in [0.5, 0.6) is 0 Å². The van der Waals surface area contributed by atoms with Gasteiger partial charge in [-0.05, 0) is 36.6 Å². The first kappa shape index (κ1) is 22.2. The van der Waals surface area contributed by atoms with Crippen LogP contribution < -0.4 is 31.9 Å². The number of nitrogen functional groups attached to an aromatic ring is 1. The Labute approximate surface area is 199 Å². The third kappa shape index (κ3) is 4.70. The van der Waals surface area contributed by atoms with Crippen LogP contribution in [0.2, 0.25) is 0 Å². The second kappa shape index (κ2) is 9.34. The largest absolute Gasteiger partial charge is 0.397 e. The Balaban J connectivity index is 1.37. The lowest BCUT2D eigenvalue weighted by Gasteiger charge is -2.37. The van der Waals surface area contributed by atoms with Crippen molar-refractivity contribution in [1.29, 1.82) is 0 Å². The molecule has 178 valence electrons. The van der Waals surface area contributed by atoms with Crippen molar-refractivity contribution in [2.45, 2.75) is 25.9 Å². The lowest BCUT2D eigenvalue weighted by molar-refractivity contribution is -0.120. The summed E-state index contributed by atoms with van der Waals surface area (Å²) in [5.74, 6) is 0.584. The Morgan fingerprint density at radius 2 is 2.09 bits per heavy atom. The molecule has 1 amide bonds. The third-order valence-corrected chi connectivity index (χ3v) is 6.59. The molecule has 3 aromatic rings. The minimum atomic E-state index is 0.0397. The van der Waals surface area contributed by atoms with Crippen molar-refractivity contribution in [3.8, 4) is 0 Å². The summed E-state index contributed by atoms with van der Waals surface area (Å²) in [4.78, 5) is 25.4. The average Bonchev–Trinajstić information content (AvgIpc) is 2.82. The van der Waals surface area contributed by atoms with Crippen molar-refractivity contribution in [1.82, 2.24) is 15.3 Å². The maximum atomic E-state index is 11.8. The van der Waals surface area contributed by atoms with Crippen LogP contribution in [0.1, 0.15) is 19.0 Å². The molecule has 2 fully saturated rings. The van der Waals surface area contributed by atoms with E-state index >= 15 is 0 Å². The number of benzene rings is 1. The van der Waals surface area contributed by atoms with Crippen LogP contribution in [-0.2, 0) is 11.3 Å². The number of fused-ring (bicyclic) bond motifs is 1. The lowest BCUT2D eigenvalue weighted by Crippen LogP contribution is -2.47. The fourth-order valence-electron chi connectivity index (χ4n) is 4.98. The molecule has 0 bridgehead atoms. The number of rotatable bonds is 5. The van der Waals surface area contributed by atoms with Gasteiger partial charge in [-0.2, -0.15) is 0 Å². The molecule has 4 heterocycles. The van der Waals surface area contributed by atoms with Crippen LogP contribution in [0.15, 0.2) is 42.7 Å². The number of piperazine rings is 1. The molecule has 9 heteroatoms. The number of pyridine rings is 2. The summed E-state index contributed by atoms with van der Waals surface area (Å²) in [7, 11) is 0. The number of carbonyl (C=O) groups is 1. The Morgan fingerprint density at radius 3 is 2.91 bits per heavy atom. The van der Waals surface area contributed by atoms with Gasteiger partial charge in [0.1, 0.15) is 0 Å². The number of nitrogens with two attached hydrogens (primary N) is 2. The number of amides is 1. The van der Waals surface area contributed by atoms with Gasteiger partial charge in [-0.15, -0.1) is 0 Å². The summed E-state index contributed by atoms with van der Waals surface area (Å²) in [5, 5.41) is 7.34. The Morgan fingerprint density at radius 1 is 1.21 bits per heavy atom. The maximum Gasteiger partial charge on any atom is 0.239 e. The molecule has 5 rings (SSSR count). The molecule has 6 N–H and O–H groups in total. The molecule has 2 saturated heterocycles. The summed E-state index contributed by atoms with van der Waals surface area (Å²) in [6.45, 7) is 6.31. The van der Waals surface area contributed by atoms with Crippen LogP contribution >= 0.6 is 0 Å². The number of hydrogen-bond donors (Lipinski definition) is 4. The smallest absolute Gasteiger partial charge is 0.239 e. The zero-order valence-corrected chi connectivity index (χ0v) is 19.5. The van der Waals surface area contributed by atoms with Crippen molar-refractivity contribution in [2.75, 3.05) is 53.6 Å². The SMILES string of the molecule is CC1CC(N)CN(c2ccncc2NCc2nc3cc(N4CCNC(=O)C4)ccc3cc2N)C1. The Hall–Kier alpha value is -3.59. The number of anilines is 4. The van der Waals surface area contributed by atoms with Gasteiger partial charge < -0.3 is 31.9 Å². The van der Waals surface area contributed by atoms with E-state index in [2.05, 4.69) is 32.3 Å². The monoisotopic (exact) mass is 460 g/mol. The zero-order valence-electron chi connectivity index (χ0n) is 19.5. The minimum absolute atomic E-state index is 0.0397. The van der Waals surface area contributed by atoms with E-state index in [1.54, 1.807) is 0 Å². The molecular formula is C25H32N8O. The number of carbonyl (C=O) groups excluding carboxylic acids is 1. The quantitative estimate of drug-likeness (QED) is 0.455. The predicted octanol–water partition coefficient (Wildman–Crippen LogP) is 1.93. The molecule has 0 spiro atoms. The second-order valence-corrected chi connectivity index (χ2v) is 9.43. The van der Waals surface area contributed by atoms with Crippen molar-refractivity contribution < 1.29 is 4.79 Å². The number of nitrogens with one attached hydrogen (secondary N) is 2. The average molecular weight is 461 g/mol. The highest BCUT2D eigenvalue weighted by molar-refractivity contribution is 5.88. The summed E-state index contributed by atoms with van der Waals surface area (Å²) in [6, 6.07) is 10.2. The van der Waals surface area contributed by atoms with E-state index in [0.29, 0.717) is 31.2 Å². The van der Waals surface area contributed by atoms with E-state index in [0.717, 1.165) is 59.7 Å². The van der Waals surface area contributed by atoms with Crippen molar-refractivity contribution in [3.63, 3.8) is 0 Å². The topological polar surface area (TPSA) is 125 Å². The summed E-state index contributed by atoms with van der Waals surface area (Å²) in [6.07, 6.45) is 4.71. The van der Waals surface area contributed by atoms with Crippen LogP contribution in [-0.4, -0.2) is 54.6 Å². The van der Waals surface area contributed by atoms with Crippen LogP contribution in [0.25, 0.3) is 10.9 Å². The van der Waals surface area contributed by atoms with Crippen molar-refractivity contribution in [3.05, 3.63) is 48.4 Å². The van der Waals surface area contributed by atoms with E-state index in [4.69, 9.17) is 16.5 Å². The van der Waals surface area contributed by atoms with Gasteiger partial charge in [-0.3, -0.25) is 9.78 Å². The predicted molar refractivity (Wildman–Crippen MR) is 137 cm³/mol. The van der Waals surface area contributed by atoms with Crippen LogP contribution in [0.4, 0.5) is 22.7 Å². The van der Waals surface area contributed by atoms with Gasteiger partial charge in [0.15, 0.2) is 0 Å². The minimum Gasteiger partial charge on any atom is -0.397 e. The molecule has 2 unspecified atom stereocenters. The van der Waals surface area contributed by atoms with E-state index in [1.807, 2.05) is 42.7 Å². The molecular weight excluding hydrogens is 428 g/mol. The van der Waals surface area contributed by atoms with Gasteiger partial charge in [-0.25, -0.2) is 4.98 Å². The Bertz CT molecular complexity index is 1190. The van der Waals surface area contributed by atoms with Crippen molar-refractivity contribution in [2.24, 2.45) is 11.7 Å². The number of piperidine rings is 1. The van der Waals surface area contributed by atoms with E-state index in [9.17, 15) is 4.79 Å². The van der Waals surface area contributed by atoms with Gasteiger partial charge >= 0.3 is 0 Å². The molecule has 2 aromatic heterocycles. The zero-order chi connectivity index (χ0) is 23.7. The first-order chi connectivity index (χ1) is 16.5. The van der Waals surface area contributed by atoms with E-state index in [1.165, 1.54) is 0 Å². The fraction of sp³-hybridized carbons (Fsp3) is 0.400. The summed E-state index contributed by atoms with van der Waals surface area (Å²) in [5.41, 5.74) is 18.0. The molecule has 2 aliphatic rings. The molecule has 2 aliphatic heterocycles. The van der Waals surface area contributed by atoms with Gasteiger partial charge in [0, 0.05) is 49.5 Å². The first-order valence-electron chi connectivity index (χ1n) is 11.9. The second-order valence-electron chi connectivity index (χ2n) is 9.43. The molecule has 2 atom stereocenters. The number of nitrogens with zero attached hydrogens (tertiary/aromatic N) is 4. The van der Waals surface area contributed by atoms with Gasteiger partial charge in [-0.1, -0.05) is 13.0 Å². The normalized spacial score (nSPS) is 20.9. The van der Waals surface area contributed by atoms with Crippen LogP contribution in [0, 0.1) is 5.92 Å².